The molecular weight excluding hydrogens is 188 g/mol. The second-order valence-electron chi connectivity index (χ2n) is 3.81. The smallest absolute Gasteiger partial charge is 0.163 e. The molecule has 0 saturated heterocycles. The Morgan fingerprint density at radius 3 is 2.80 bits per heavy atom. The molecule has 1 aromatic carbocycles. The lowest BCUT2D eigenvalue weighted by Crippen LogP contribution is -1.90. The van der Waals surface area contributed by atoms with E-state index in [1.165, 1.54) is 5.56 Å². The molecule has 0 aliphatic heterocycles. The van der Waals surface area contributed by atoms with Crippen LogP contribution in [0, 0.1) is 0 Å². The summed E-state index contributed by atoms with van der Waals surface area (Å²) in [5.41, 5.74) is 4.25. The average Bonchev–Trinajstić information content (AvgIpc) is 2.88. The maximum atomic E-state index is 11.4. The Kier molecular flexibility index (Phi) is 1.75. The van der Waals surface area contributed by atoms with Crippen LogP contribution in [0.1, 0.15) is 22.3 Å². The van der Waals surface area contributed by atoms with Crippen LogP contribution in [0.15, 0.2) is 41.2 Å². The van der Waals surface area contributed by atoms with Gasteiger partial charge in [0.05, 0.1) is 12.5 Å². The zero-order chi connectivity index (χ0) is 10.3. The number of hydrogen-bond donors (Lipinski definition) is 0. The number of Topliss-reactive ketones (excluding diaryl/α,β-unsaturated/α-hetero) is 1. The summed E-state index contributed by atoms with van der Waals surface area (Å²) in [6.45, 7) is 0. The second kappa shape index (κ2) is 3.09. The van der Waals surface area contributed by atoms with Gasteiger partial charge in [0.25, 0.3) is 0 Å². The first-order valence-corrected chi connectivity index (χ1v) is 5.03. The van der Waals surface area contributed by atoms with E-state index in [0.29, 0.717) is 6.42 Å². The molecule has 1 heterocycles. The van der Waals surface area contributed by atoms with Gasteiger partial charge >= 0.3 is 0 Å². The zero-order valence-corrected chi connectivity index (χ0v) is 8.19. The average molecular weight is 198 g/mol. The van der Waals surface area contributed by atoms with Gasteiger partial charge in [0, 0.05) is 17.5 Å². The Morgan fingerprint density at radius 1 is 1.07 bits per heavy atom. The van der Waals surface area contributed by atoms with Crippen LogP contribution >= 0.6 is 0 Å². The van der Waals surface area contributed by atoms with Crippen LogP contribution in [0.25, 0.3) is 11.1 Å². The van der Waals surface area contributed by atoms with E-state index in [9.17, 15) is 4.79 Å². The summed E-state index contributed by atoms with van der Waals surface area (Å²) in [4.78, 5) is 11.4. The molecule has 3 rings (SSSR count). The molecule has 1 aliphatic carbocycles. The first-order chi connectivity index (χ1) is 7.34. The molecule has 0 saturated carbocycles. The Balaban J connectivity index is 2.11. The van der Waals surface area contributed by atoms with Crippen molar-refractivity contribution in [3.05, 3.63) is 47.9 Å². The topological polar surface area (TPSA) is 30.2 Å². The number of carbonyl (C=O) groups is 1. The Hall–Kier alpha value is -1.83. The van der Waals surface area contributed by atoms with Gasteiger partial charge in [-0.05, 0) is 23.6 Å². The highest BCUT2D eigenvalue weighted by molar-refractivity contribution is 6.00. The van der Waals surface area contributed by atoms with E-state index in [2.05, 4.69) is 6.07 Å². The van der Waals surface area contributed by atoms with Gasteiger partial charge in [-0.1, -0.05) is 18.2 Å². The molecule has 2 heteroatoms. The van der Waals surface area contributed by atoms with Crippen LogP contribution in [0.5, 0.6) is 0 Å². The van der Waals surface area contributed by atoms with Crippen molar-refractivity contribution < 1.29 is 9.21 Å². The van der Waals surface area contributed by atoms with Gasteiger partial charge < -0.3 is 4.42 Å². The minimum Gasteiger partial charge on any atom is -0.472 e. The van der Waals surface area contributed by atoms with Gasteiger partial charge in [-0.2, -0.15) is 0 Å². The predicted octanol–water partition coefficient (Wildman–Crippen LogP) is 3.08. The molecule has 0 N–H and O–H groups in total. The summed E-state index contributed by atoms with van der Waals surface area (Å²) in [5, 5.41) is 0. The fourth-order valence-corrected chi connectivity index (χ4v) is 2.06. The summed E-state index contributed by atoms with van der Waals surface area (Å²) in [6, 6.07) is 7.92. The summed E-state index contributed by atoms with van der Waals surface area (Å²) in [7, 11) is 0. The van der Waals surface area contributed by atoms with E-state index in [1.807, 2.05) is 18.2 Å². The molecule has 15 heavy (non-hydrogen) atoms. The molecule has 0 atom stereocenters. The van der Waals surface area contributed by atoms with Crippen LogP contribution in [-0.2, 0) is 6.42 Å². The van der Waals surface area contributed by atoms with Gasteiger partial charge in [0.2, 0.25) is 0 Å². The van der Waals surface area contributed by atoms with E-state index >= 15 is 0 Å². The van der Waals surface area contributed by atoms with E-state index in [1.54, 1.807) is 12.5 Å². The fraction of sp³-hybridized carbons (Fsp3) is 0.154. The molecule has 0 spiro atoms. The van der Waals surface area contributed by atoms with E-state index in [4.69, 9.17) is 4.42 Å². The van der Waals surface area contributed by atoms with Crippen molar-refractivity contribution in [2.45, 2.75) is 12.8 Å². The van der Waals surface area contributed by atoms with E-state index in [-0.39, 0.29) is 5.78 Å². The molecule has 0 amide bonds. The molecule has 1 aromatic heterocycles. The third-order valence-corrected chi connectivity index (χ3v) is 2.88. The van der Waals surface area contributed by atoms with E-state index in [0.717, 1.165) is 23.1 Å². The van der Waals surface area contributed by atoms with Crippen LogP contribution in [0.3, 0.4) is 0 Å². The third-order valence-electron chi connectivity index (χ3n) is 2.88. The maximum Gasteiger partial charge on any atom is 0.163 e. The number of fused-ring (bicyclic) bond motifs is 1. The number of aryl methyl sites for hydroxylation is 1. The van der Waals surface area contributed by atoms with Crippen molar-refractivity contribution in [3.63, 3.8) is 0 Å². The second-order valence-corrected chi connectivity index (χ2v) is 3.81. The van der Waals surface area contributed by atoms with Gasteiger partial charge in [-0.25, -0.2) is 0 Å². The Bertz CT molecular complexity index is 509. The van der Waals surface area contributed by atoms with Gasteiger partial charge in [-0.3, -0.25) is 4.79 Å². The SMILES string of the molecule is O=C1CCc2cc(-c3ccoc3)ccc21. The molecule has 0 unspecified atom stereocenters. The van der Waals surface area contributed by atoms with Crippen molar-refractivity contribution in [1.29, 1.82) is 0 Å². The summed E-state index contributed by atoms with van der Waals surface area (Å²) < 4.78 is 5.04. The maximum absolute atomic E-state index is 11.4. The zero-order valence-electron chi connectivity index (χ0n) is 8.19. The number of hydrogen-bond acceptors (Lipinski definition) is 2. The monoisotopic (exact) mass is 198 g/mol. The minimum absolute atomic E-state index is 0.267. The molecular formula is C13H10O2. The largest absolute Gasteiger partial charge is 0.472 e. The minimum atomic E-state index is 0.267. The number of benzene rings is 1. The standard InChI is InChI=1S/C13H10O2/c14-13-4-2-10-7-9(1-3-12(10)13)11-5-6-15-8-11/h1,3,5-8H,2,4H2. The number of carbonyl (C=O) groups excluding carboxylic acids is 1. The van der Waals surface area contributed by atoms with Crippen LogP contribution in [0.4, 0.5) is 0 Å². The Labute approximate surface area is 87.5 Å². The summed E-state index contributed by atoms with van der Waals surface area (Å²) in [6.07, 6.45) is 4.91. The number of ketones is 1. The summed E-state index contributed by atoms with van der Waals surface area (Å²) in [5.74, 6) is 0.267. The molecule has 0 fully saturated rings. The Morgan fingerprint density at radius 2 is 2.00 bits per heavy atom. The lowest BCUT2D eigenvalue weighted by Gasteiger charge is -2.01. The van der Waals surface area contributed by atoms with Crippen molar-refractivity contribution in [1.82, 2.24) is 0 Å². The lowest BCUT2D eigenvalue weighted by molar-refractivity contribution is 0.0994. The first-order valence-electron chi connectivity index (χ1n) is 5.03. The molecule has 2 aromatic rings. The van der Waals surface area contributed by atoms with Crippen molar-refractivity contribution >= 4 is 5.78 Å². The first kappa shape index (κ1) is 8.48. The highest BCUT2D eigenvalue weighted by Crippen LogP contribution is 2.28. The van der Waals surface area contributed by atoms with Crippen LogP contribution < -0.4 is 0 Å². The molecule has 74 valence electrons. The van der Waals surface area contributed by atoms with Crippen LogP contribution in [0.2, 0.25) is 0 Å². The summed E-state index contributed by atoms with van der Waals surface area (Å²) >= 11 is 0. The molecule has 0 radical (unpaired) electrons. The van der Waals surface area contributed by atoms with Crippen molar-refractivity contribution in [2.75, 3.05) is 0 Å². The highest BCUT2D eigenvalue weighted by atomic mass is 16.3. The lowest BCUT2D eigenvalue weighted by atomic mass is 10.0. The normalized spacial score (nSPS) is 14.3. The number of rotatable bonds is 1. The van der Waals surface area contributed by atoms with Crippen LogP contribution in [-0.4, -0.2) is 5.78 Å². The molecule has 1 aliphatic rings. The fourth-order valence-electron chi connectivity index (χ4n) is 2.06. The van der Waals surface area contributed by atoms with E-state index < -0.39 is 0 Å². The third kappa shape index (κ3) is 1.30. The predicted molar refractivity (Wildman–Crippen MR) is 56.8 cm³/mol. The number of furan rings is 1. The van der Waals surface area contributed by atoms with Gasteiger partial charge in [0.15, 0.2) is 5.78 Å². The van der Waals surface area contributed by atoms with Gasteiger partial charge in [-0.15, -0.1) is 0 Å². The van der Waals surface area contributed by atoms with Crippen molar-refractivity contribution in [2.24, 2.45) is 0 Å². The quantitative estimate of drug-likeness (QED) is 0.704. The van der Waals surface area contributed by atoms with Crippen molar-refractivity contribution in [3.8, 4) is 11.1 Å². The molecule has 2 nitrogen and oxygen atoms in total. The molecule has 0 bridgehead atoms. The van der Waals surface area contributed by atoms with Gasteiger partial charge in [0.1, 0.15) is 0 Å². The highest BCUT2D eigenvalue weighted by Gasteiger charge is 2.19.